The number of ether oxygens (including phenoxy) is 1. The highest BCUT2D eigenvalue weighted by molar-refractivity contribution is 7.91. The summed E-state index contributed by atoms with van der Waals surface area (Å²) in [6.07, 6.45) is 3.15. The lowest BCUT2D eigenvalue weighted by Gasteiger charge is -2.28. The molecule has 1 aliphatic rings. The number of sulfone groups is 1. The molecule has 1 unspecified atom stereocenters. The summed E-state index contributed by atoms with van der Waals surface area (Å²) in [5.41, 5.74) is 0. The van der Waals surface area contributed by atoms with Crippen LogP contribution in [-0.2, 0) is 14.6 Å². The Labute approximate surface area is 149 Å². The number of rotatable bonds is 9. The quantitative estimate of drug-likeness (QED) is 0.626. The Bertz CT molecular complexity index is 677. The molecule has 1 aromatic rings. The largest absolute Gasteiger partial charge is 0.493 e. The van der Waals surface area contributed by atoms with E-state index in [2.05, 4.69) is 0 Å². The molecule has 140 valence electrons. The minimum atomic E-state index is -3.02. The number of benzene rings is 1. The third kappa shape index (κ3) is 6.30. The molecule has 0 radical (unpaired) electrons. The molecule has 0 aliphatic carbocycles. The fourth-order valence-electron chi connectivity index (χ4n) is 2.97. The van der Waals surface area contributed by atoms with Gasteiger partial charge in [0.2, 0.25) is 5.91 Å². The normalized spacial score (nSPS) is 18.9. The zero-order valence-corrected chi connectivity index (χ0v) is 15.4. The molecule has 1 amide bonds. The number of amides is 1. The third-order valence-electron chi connectivity index (χ3n) is 4.32. The average Bonchev–Trinajstić information content (AvgIpc) is 2.92. The van der Waals surface area contributed by atoms with Gasteiger partial charge in [0.1, 0.15) is 11.6 Å². The highest BCUT2D eigenvalue weighted by atomic mass is 32.2. The standard InChI is InChI=1S/C18H26FNO4S/c1-2-3-10-20(16-9-12-25(22,23)14-16)18(21)8-5-11-24-17-7-4-6-15(19)13-17/h4,6-7,13,16H,2-3,5,8-12,14H2,1H3. The van der Waals surface area contributed by atoms with E-state index in [0.29, 0.717) is 38.2 Å². The summed E-state index contributed by atoms with van der Waals surface area (Å²) < 4.78 is 41.9. The Kier molecular flexibility index (Phi) is 7.23. The fourth-order valence-corrected chi connectivity index (χ4v) is 4.71. The van der Waals surface area contributed by atoms with Gasteiger partial charge in [-0.05, 0) is 31.4 Å². The van der Waals surface area contributed by atoms with Crippen molar-refractivity contribution in [2.45, 2.75) is 45.1 Å². The molecule has 0 bridgehead atoms. The summed E-state index contributed by atoms with van der Waals surface area (Å²) in [6, 6.07) is 5.69. The first kappa shape index (κ1) is 19.7. The highest BCUT2D eigenvalue weighted by Crippen LogP contribution is 2.20. The first-order valence-electron chi connectivity index (χ1n) is 8.79. The molecular weight excluding hydrogens is 345 g/mol. The van der Waals surface area contributed by atoms with Crippen LogP contribution in [0.15, 0.2) is 24.3 Å². The van der Waals surface area contributed by atoms with Gasteiger partial charge in [0.25, 0.3) is 0 Å². The molecule has 1 saturated heterocycles. The number of carbonyl (C=O) groups is 1. The zero-order chi connectivity index (χ0) is 18.3. The molecule has 1 atom stereocenters. The molecule has 1 aliphatic heterocycles. The van der Waals surface area contributed by atoms with E-state index >= 15 is 0 Å². The Morgan fingerprint density at radius 1 is 1.36 bits per heavy atom. The van der Waals surface area contributed by atoms with Crippen molar-refractivity contribution in [3.05, 3.63) is 30.1 Å². The Morgan fingerprint density at radius 3 is 2.80 bits per heavy atom. The first-order valence-corrected chi connectivity index (χ1v) is 10.6. The van der Waals surface area contributed by atoms with E-state index in [9.17, 15) is 17.6 Å². The van der Waals surface area contributed by atoms with Gasteiger partial charge in [-0.25, -0.2) is 12.8 Å². The van der Waals surface area contributed by atoms with Crippen molar-refractivity contribution < 1.29 is 22.3 Å². The van der Waals surface area contributed by atoms with Gasteiger partial charge < -0.3 is 9.64 Å². The Morgan fingerprint density at radius 2 is 2.16 bits per heavy atom. The number of carbonyl (C=O) groups excluding carboxylic acids is 1. The monoisotopic (exact) mass is 371 g/mol. The zero-order valence-electron chi connectivity index (χ0n) is 14.6. The van der Waals surface area contributed by atoms with E-state index in [4.69, 9.17) is 4.74 Å². The van der Waals surface area contributed by atoms with Crippen LogP contribution in [0.25, 0.3) is 0 Å². The molecule has 1 heterocycles. The summed E-state index contributed by atoms with van der Waals surface area (Å²) in [7, 11) is -3.02. The van der Waals surface area contributed by atoms with Crippen LogP contribution >= 0.6 is 0 Å². The molecule has 1 aromatic carbocycles. The average molecular weight is 371 g/mol. The lowest BCUT2D eigenvalue weighted by Crippen LogP contribution is -2.41. The van der Waals surface area contributed by atoms with Crippen LogP contribution in [-0.4, -0.2) is 49.9 Å². The fraction of sp³-hybridized carbons (Fsp3) is 0.611. The van der Waals surface area contributed by atoms with E-state index in [1.165, 1.54) is 12.1 Å². The molecular formula is C18H26FNO4S. The van der Waals surface area contributed by atoms with Crippen molar-refractivity contribution >= 4 is 15.7 Å². The maximum absolute atomic E-state index is 13.1. The summed E-state index contributed by atoms with van der Waals surface area (Å²) in [5, 5.41) is 0. The summed E-state index contributed by atoms with van der Waals surface area (Å²) in [4.78, 5) is 14.3. The second kappa shape index (κ2) is 9.17. The minimum absolute atomic E-state index is 0.0293. The van der Waals surface area contributed by atoms with Gasteiger partial charge in [0, 0.05) is 25.1 Å². The summed E-state index contributed by atoms with van der Waals surface area (Å²) >= 11 is 0. The molecule has 2 rings (SSSR count). The SMILES string of the molecule is CCCCN(C(=O)CCCOc1cccc(F)c1)C1CCS(=O)(=O)C1. The lowest BCUT2D eigenvalue weighted by atomic mass is 10.1. The van der Waals surface area contributed by atoms with E-state index in [1.54, 1.807) is 17.0 Å². The second-order valence-electron chi connectivity index (χ2n) is 6.41. The number of hydrogen-bond acceptors (Lipinski definition) is 4. The minimum Gasteiger partial charge on any atom is -0.493 e. The van der Waals surface area contributed by atoms with Crippen molar-refractivity contribution in [1.29, 1.82) is 0 Å². The first-order chi connectivity index (χ1) is 11.9. The van der Waals surface area contributed by atoms with Crippen molar-refractivity contribution in [2.24, 2.45) is 0 Å². The van der Waals surface area contributed by atoms with E-state index in [0.717, 1.165) is 12.8 Å². The summed E-state index contributed by atoms with van der Waals surface area (Å²) in [6.45, 7) is 2.96. The van der Waals surface area contributed by atoms with Crippen molar-refractivity contribution in [1.82, 2.24) is 4.90 Å². The van der Waals surface area contributed by atoms with Crippen LogP contribution in [0.2, 0.25) is 0 Å². The topological polar surface area (TPSA) is 63.7 Å². The van der Waals surface area contributed by atoms with Gasteiger partial charge in [-0.2, -0.15) is 0 Å². The number of hydrogen-bond donors (Lipinski definition) is 0. The number of nitrogens with zero attached hydrogens (tertiary/aromatic N) is 1. The predicted octanol–water partition coefficient (Wildman–Crippen LogP) is 2.80. The van der Waals surface area contributed by atoms with Crippen LogP contribution < -0.4 is 4.74 Å². The maximum atomic E-state index is 13.1. The maximum Gasteiger partial charge on any atom is 0.222 e. The van der Waals surface area contributed by atoms with Crippen LogP contribution in [0.1, 0.15) is 39.0 Å². The van der Waals surface area contributed by atoms with E-state index < -0.39 is 9.84 Å². The van der Waals surface area contributed by atoms with Crippen LogP contribution in [0.3, 0.4) is 0 Å². The predicted molar refractivity (Wildman–Crippen MR) is 94.8 cm³/mol. The molecule has 5 nitrogen and oxygen atoms in total. The highest BCUT2D eigenvalue weighted by Gasteiger charge is 2.34. The van der Waals surface area contributed by atoms with Gasteiger partial charge in [-0.3, -0.25) is 4.79 Å². The van der Waals surface area contributed by atoms with E-state index in [-0.39, 0.29) is 29.3 Å². The van der Waals surface area contributed by atoms with Crippen molar-refractivity contribution in [3.63, 3.8) is 0 Å². The molecule has 7 heteroatoms. The molecule has 0 aromatic heterocycles. The number of halogens is 1. The lowest BCUT2D eigenvalue weighted by molar-refractivity contribution is -0.133. The second-order valence-corrected chi connectivity index (χ2v) is 8.64. The van der Waals surface area contributed by atoms with Gasteiger partial charge in [0.05, 0.1) is 18.1 Å². The molecule has 0 N–H and O–H groups in total. The van der Waals surface area contributed by atoms with Crippen LogP contribution in [0, 0.1) is 5.82 Å². The van der Waals surface area contributed by atoms with Gasteiger partial charge in [-0.15, -0.1) is 0 Å². The van der Waals surface area contributed by atoms with Crippen LogP contribution in [0.5, 0.6) is 5.75 Å². The van der Waals surface area contributed by atoms with Gasteiger partial charge in [-0.1, -0.05) is 19.4 Å². The number of unbranched alkanes of at least 4 members (excludes halogenated alkanes) is 1. The smallest absolute Gasteiger partial charge is 0.222 e. The third-order valence-corrected chi connectivity index (χ3v) is 6.07. The Balaban J connectivity index is 1.82. The Hall–Kier alpha value is -1.63. The van der Waals surface area contributed by atoms with E-state index in [1.807, 2.05) is 6.92 Å². The molecule has 25 heavy (non-hydrogen) atoms. The van der Waals surface area contributed by atoms with Gasteiger partial charge in [0.15, 0.2) is 9.84 Å². The van der Waals surface area contributed by atoms with Crippen LogP contribution in [0.4, 0.5) is 4.39 Å². The molecule has 1 fully saturated rings. The molecule has 0 saturated carbocycles. The van der Waals surface area contributed by atoms with Crippen molar-refractivity contribution in [3.8, 4) is 5.75 Å². The van der Waals surface area contributed by atoms with Gasteiger partial charge >= 0.3 is 0 Å². The summed E-state index contributed by atoms with van der Waals surface area (Å²) in [5.74, 6) is 0.288. The van der Waals surface area contributed by atoms with Crippen molar-refractivity contribution in [2.75, 3.05) is 24.7 Å². The molecule has 0 spiro atoms.